The Labute approximate surface area is 108 Å². The van der Waals surface area contributed by atoms with E-state index in [1.807, 2.05) is 38.1 Å². The lowest BCUT2D eigenvalue weighted by Crippen LogP contribution is -2.26. The minimum absolute atomic E-state index is 0.0957. The van der Waals surface area contributed by atoms with Crippen LogP contribution in [0.5, 0.6) is 0 Å². The highest BCUT2D eigenvalue weighted by molar-refractivity contribution is 9.10. The summed E-state index contributed by atoms with van der Waals surface area (Å²) in [5.41, 5.74) is 0.731. The van der Waals surface area contributed by atoms with E-state index in [2.05, 4.69) is 21.0 Å². The summed E-state index contributed by atoms with van der Waals surface area (Å²) in [6.45, 7) is 4.02. The molecule has 0 saturated heterocycles. The fourth-order valence-electron chi connectivity index (χ4n) is 1.57. The minimum Gasteiger partial charge on any atom is -0.250 e. The number of hydrogen-bond donors (Lipinski definition) is 0. The molecule has 0 aliphatic rings. The highest BCUT2D eigenvalue weighted by Gasteiger charge is 2.10. The smallest absolute Gasteiger partial charge is 0.250 e. The molecule has 1 aromatic carbocycles. The van der Waals surface area contributed by atoms with E-state index in [9.17, 15) is 4.79 Å². The molecule has 0 bridgehead atoms. The summed E-state index contributed by atoms with van der Waals surface area (Å²) in [5.74, 6) is 0. The fraction of sp³-hybridized carbons (Fsp3) is 0.333. The quantitative estimate of drug-likeness (QED) is 0.873. The van der Waals surface area contributed by atoms with Gasteiger partial charge in [-0.05, 0) is 37.6 Å². The first kappa shape index (κ1) is 12.1. The van der Waals surface area contributed by atoms with Crippen LogP contribution in [0.3, 0.4) is 0 Å². The highest BCUT2D eigenvalue weighted by Crippen LogP contribution is 2.13. The fourth-order valence-corrected chi connectivity index (χ4v) is 1.83. The van der Waals surface area contributed by atoms with Crippen LogP contribution in [-0.4, -0.2) is 14.3 Å². The maximum Gasteiger partial charge on any atom is 0.350 e. The van der Waals surface area contributed by atoms with Crippen LogP contribution in [0.15, 0.2) is 39.9 Å². The molecule has 0 spiro atoms. The van der Waals surface area contributed by atoms with Gasteiger partial charge >= 0.3 is 5.69 Å². The molecule has 4 nitrogen and oxygen atoms in total. The van der Waals surface area contributed by atoms with E-state index < -0.39 is 0 Å². The second-order valence-electron chi connectivity index (χ2n) is 3.96. The molecule has 1 atom stereocenters. The molecule has 0 aliphatic heterocycles. The first-order valence-corrected chi connectivity index (χ1v) is 6.35. The van der Waals surface area contributed by atoms with Crippen LogP contribution in [0.2, 0.25) is 0 Å². The summed E-state index contributed by atoms with van der Waals surface area (Å²) >= 11 is 3.37. The van der Waals surface area contributed by atoms with Crippen molar-refractivity contribution in [1.29, 1.82) is 0 Å². The third-order valence-corrected chi connectivity index (χ3v) is 3.34. The van der Waals surface area contributed by atoms with E-state index in [1.165, 1.54) is 4.68 Å². The summed E-state index contributed by atoms with van der Waals surface area (Å²) in [4.78, 5) is 12.1. The van der Waals surface area contributed by atoms with E-state index in [4.69, 9.17) is 0 Å². The number of benzene rings is 1. The van der Waals surface area contributed by atoms with Crippen molar-refractivity contribution in [3.8, 4) is 5.69 Å². The maximum absolute atomic E-state index is 12.1. The topological polar surface area (TPSA) is 39.8 Å². The molecule has 1 heterocycles. The number of hydrogen-bond acceptors (Lipinski definition) is 2. The molecule has 0 radical (unpaired) electrons. The monoisotopic (exact) mass is 295 g/mol. The van der Waals surface area contributed by atoms with Gasteiger partial charge in [0.05, 0.1) is 11.7 Å². The standard InChI is InChI=1S/C12H14BrN3O/c1-3-9(2)16-12(17)15(8-14-16)11-6-4-10(13)5-7-11/h4-9H,3H2,1-2H3. The van der Waals surface area contributed by atoms with Gasteiger partial charge in [0.1, 0.15) is 6.33 Å². The van der Waals surface area contributed by atoms with Crippen molar-refractivity contribution in [2.45, 2.75) is 26.3 Å². The van der Waals surface area contributed by atoms with E-state index >= 15 is 0 Å². The zero-order chi connectivity index (χ0) is 12.4. The predicted molar refractivity (Wildman–Crippen MR) is 70.5 cm³/mol. The molecule has 17 heavy (non-hydrogen) atoms. The lowest BCUT2D eigenvalue weighted by atomic mass is 10.3. The Bertz CT molecular complexity index is 556. The summed E-state index contributed by atoms with van der Waals surface area (Å²) in [5, 5.41) is 4.14. The normalized spacial score (nSPS) is 12.6. The van der Waals surface area contributed by atoms with Crippen molar-refractivity contribution in [3.63, 3.8) is 0 Å². The maximum atomic E-state index is 12.1. The summed E-state index contributed by atoms with van der Waals surface area (Å²) < 4.78 is 4.06. The number of nitrogens with zero attached hydrogens (tertiary/aromatic N) is 3. The van der Waals surface area contributed by atoms with Gasteiger partial charge in [0.15, 0.2) is 0 Å². The molecule has 2 aromatic rings. The van der Waals surface area contributed by atoms with E-state index in [1.54, 1.807) is 10.9 Å². The second kappa shape index (κ2) is 4.87. The summed E-state index contributed by atoms with van der Waals surface area (Å²) in [7, 11) is 0. The van der Waals surface area contributed by atoms with Gasteiger partial charge in [-0.1, -0.05) is 22.9 Å². The average Bonchev–Trinajstić information content (AvgIpc) is 2.71. The molecule has 1 aromatic heterocycles. The van der Waals surface area contributed by atoms with Crippen LogP contribution < -0.4 is 5.69 Å². The van der Waals surface area contributed by atoms with Crippen LogP contribution in [0.25, 0.3) is 5.69 Å². The summed E-state index contributed by atoms with van der Waals surface area (Å²) in [6, 6.07) is 7.70. The van der Waals surface area contributed by atoms with Crippen LogP contribution in [0.1, 0.15) is 26.3 Å². The Kier molecular flexibility index (Phi) is 3.47. The molecule has 0 N–H and O–H groups in total. The zero-order valence-electron chi connectivity index (χ0n) is 9.80. The molecular formula is C12H14BrN3O. The summed E-state index contributed by atoms with van der Waals surface area (Å²) in [6.07, 6.45) is 2.45. The van der Waals surface area contributed by atoms with Gasteiger partial charge in [-0.2, -0.15) is 5.10 Å². The SMILES string of the molecule is CCC(C)n1ncn(-c2ccc(Br)cc2)c1=O. The number of halogens is 1. The largest absolute Gasteiger partial charge is 0.350 e. The van der Waals surface area contributed by atoms with Gasteiger partial charge in [0.25, 0.3) is 0 Å². The van der Waals surface area contributed by atoms with Crippen LogP contribution in [0, 0.1) is 0 Å². The van der Waals surface area contributed by atoms with Gasteiger partial charge in [-0.3, -0.25) is 0 Å². The Balaban J connectivity index is 2.44. The van der Waals surface area contributed by atoms with E-state index in [0.717, 1.165) is 16.6 Å². The van der Waals surface area contributed by atoms with Crippen molar-refractivity contribution in [1.82, 2.24) is 14.3 Å². The van der Waals surface area contributed by atoms with Gasteiger partial charge in [-0.15, -0.1) is 0 Å². The molecule has 0 aliphatic carbocycles. The van der Waals surface area contributed by atoms with Crippen molar-refractivity contribution in [2.24, 2.45) is 0 Å². The molecular weight excluding hydrogens is 282 g/mol. The molecule has 90 valence electrons. The van der Waals surface area contributed by atoms with E-state index in [0.29, 0.717) is 0 Å². The highest BCUT2D eigenvalue weighted by atomic mass is 79.9. The van der Waals surface area contributed by atoms with E-state index in [-0.39, 0.29) is 11.7 Å². The lowest BCUT2D eigenvalue weighted by molar-refractivity contribution is 0.460. The third kappa shape index (κ3) is 2.34. The Hall–Kier alpha value is -1.36. The first-order chi connectivity index (χ1) is 8.13. The van der Waals surface area contributed by atoms with Crippen LogP contribution in [0.4, 0.5) is 0 Å². The lowest BCUT2D eigenvalue weighted by Gasteiger charge is -2.06. The predicted octanol–water partition coefficient (Wildman–Crippen LogP) is 2.77. The second-order valence-corrected chi connectivity index (χ2v) is 4.88. The van der Waals surface area contributed by atoms with Crippen LogP contribution in [-0.2, 0) is 0 Å². The van der Waals surface area contributed by atoms with Crippen molar-refractivity contribution in [2.75, 3.05) is 0 Å². The zero-order valence-corrected chi connectivity index (χ0v) is 11.4. The molecule has 1 unspecified atom stereocenters. The Morgan fingerprint density at radius 2 is 2.00 bits per heavy atom. The molecule has 0 saturated carbocycles. The van der Waals surface area contributed by atoms with Gasteiger partial charge < -0.3 is 0 Å². The third-order valence-electron chi connectivity index (χ3n) is 2.81. The first-order valence-electron chi connectivity index (χ1n) is 5.55. The van der Waals surface area contributed by atoms with Gasteiger partial charge in [-0.25, -0.2) is 14.0 Å². The van der Waals surface area contributed by atoms with Crippen molar-refractivity contribution in [3.05, 3.63) is 45.5 Å². The number of rotatable bonds is 3. The van der Waals surface area contributed by atoms with Crippen molar-refractivity contribution < 1.29 is 0 Å². The van der Waals surface area contributed by atoms with Gasteiger partial charge in [0.2, 0.25) is 0 Å². The van der Waals surface area contributed by atoms with Crippen LogP contribution >= 0.6 is 15.9 Å². The van der Waals surface area contributed by atoms with Gasteiger partial charge in [0, 0.05) is 4.47 Å². The number of aromatic nitrogens is 3. The van der Waals surface area contributed by atoms with Crippen molar-refractivity contribution >= 4 is 15.9 Å². The Morgan fingerprint density at radius 3 is 2.59 bits per heavy atom. The molecule has 2 rings (SSSR count). The minimum atomic E-state index is -0.0957. The molecule has 5 heteroatoms. The molecule has 0 amide bonds. The molecule has 0 fully saturated rings. The Morgan fingerprint density at radius 1 is 1.35 bits per heavy atom. The average molecular weight is 296 g/mol.